The zero-order chi connectivity index (χ0) is 16.5. The van der Waals surface area contributed by atoms with Crippen LogP contribution in [-0.2, 0) is 6.54 Å². The second-order valence-corrected chi connectivity index (χ2v) is 5.92. The van der Waals surface area contributed by atoms with Gasteiger partial charge in [0.05, 0.1) is 36.6 Å². The first-order chi connectivity index (χ1) is 11.7. The van der Waals surface area contributed by atoms with Crippen molar-refractivity contribution in [2.45, 2.75) is 6.54 Å². The summed E-state index contributed by atoms with van der Waals surface area (Å²) >= 11 is 6.32. The number of halogens is 1. The van der Waals surface area contributed by atoms with Gasteiger partial charge in [0, 0.05) is 23.5 Å². The van der Waals surface area contributed by atoms with Gasteiger partial charge in [0.15, 0.2) is 0 Å². The average Bonchev–Trinajstić information content (AvgIpc) is 3.25. The number of aromatic nitrogens is 4. The lowest BCUT2D eigenvalue weighted by atomic mass is 10.1. The summed E-state index contributed by atoms with van der Waals surface area (Å²) in [6.07, 6.45) is 7.53. The van der Waals surface area contributed by atoms with Gasteiger partial charge >= 0.3 is 0 Å². The van der Waals surface area contributed by atoms with Crippen LogP contribution >= 0.6 is 11.6 Å². The van der Waals surface area contributed by atoms with Crippen molar-refractivity contribution in [2.24, 2.45) is 0 Å². The largest absolute Gasteiger partial charge is 0.497 e. The van der Waals surface area contributed by atoms with Crippen molar-refractivity contribution < 1.29 is 4.74 Å². The number of fused-ring (bicyclic) bond motifs is 1. The third-order valence-corrected chi connectivity index (χ3v) is 4.23. The third-order valence-electron chi connectivity index (χ3n) is 3.93. The minimum atomic E-state index is 0.674. The molecule has 0 bridgehead atoms. The molecule has 0 unspecified atom stereocenters. The highest BCUT2D eigenvalue weighted by Crippen LogP contribution is 2.26. The molecule has 0 radical (unpaired) electrons. The first-order valence-corrected chi connectivity index (χ1v) is 7.89. The number of benzene rings is 1. The summed E-state index contributed by atoms with van der Waals surface area (Å²) in [6.45, 7) is 0.696. The molecule has 0 saturated heterocycles. The molecule has 3 aromatic heterocycles. The molecule has 0 aliphatic heterocycles. The van der Waals surface area contributed by atoms with Crippen LogP contribution in [0.2, 0.25) is 5.02 Å². The van der Waals surface area contributed by atoms with E-state index >= 15 is 0 Å². The Kier molecular flexibility index (Phi) is 3.70. The van der Waals surface area contributed by atoms with Crippen molar-refractivity contribution in [3.05, 3.63) is 71.8 Å². The van der Waals surface area contributed by atoms with Crippen LogP contribution in [0, 0.1) is 0 Å². The summed E-state index contributed by atoms with van der Waals surface area (Å²) in [7, 11) is 1.66. The average molecular weight is 339 g/mol. The number of pyridine rings is 1. The maximum Gasteiger partial charge on any atom is 0.118 e. The van der Waals surface area contributed by atoms with Gasteiger partial charge in [-0.25, -0.2) is 4.52 Å². The predicted molar refractivity (Wildman–Crippen MR) is 93.5 cm³/mol. The normalized spacial score (nSPS) is 11.1. The molecule has 5 nitrogen and oxygen atoms in total. The Balaban J connectivity index is 1.61. The number of methoxy groups -OCH3 is 1. The van der Waals surface area contributed by atoms with Crippen LogP contribution in [0.5, 0.6) is 5.75 Å². The molecular formula is C18H15ClN4O. The molecule has 4 rings (SSSR count). The van der Waals surface area contributed by atoms with Gasteiger partial charge in [0.2, 0.25) is 0 Å². The highest BCUT2D eigenvalue weighted by molar-refractivity contribution is 6.34. The lowest BCUT2D eigenvalue weighted by Crippen LogP contribution is -1.99. The molecule has 1 aromatic carbocycles. The first kappa shape index (κ1) is 14.8. The summed E-state index contributed by atoms with van der Waals surface area (Å²) in [5, 5.41) is 9.36. The topological polar surface area (TPSA) is 44.4 Å². The monoisotopic (exact) mass is 338 g/mol. The van der Waals surface area contributed by atoms with Gasteiger partial charge in [-0.15, -0.1) is 0 Å². The minimum absolute atomic E-state index is 0.674. The van der Waals surface area contributed by atoms with E-state index in [9.17, 15) is 0 Å². The van der Waals surface area contributed by atoms with E-state index in [1.165, 1.54) is 0 Å². The van der Waals surface area contributed by atoms with E-state index < -0.39 is 0 Å². The molecule has 0 atom stereocenters. The fourth-order valence-electron chi connectivity index (χ4n) is 2.66. The molecule has 120 valence electrons. The van der Waals surface area contributed by atoms with E-state index in [4.69, 9.17) is 16.3 Å². The van der Waals surface area contributed by atoms with E-state index in [0.29, 0.717) is 11.6 Å². The summed E-state index contributed by atoms with van der Waals surface area (Å²) in [4.78, 5) is 0. The molecule has 0 N–H and O–H groups in total. The minimum Gasteiger partial charge on any atom is -0.497 e. The summed E-state index contributed by atoms with van der Waals surface area (Å²) in [6, 6.07) is 11.8. The van der Waals surface area contributed by atoms with Crippen molar-refractivity contribution in [3.8, 4) is 16.9 Å². The van der Waals surface area contributed by atoms with Crippen molar-refractivity contribution in [1.82, 2.24) is 19.4 Å². The third kappa shape index (κ3) is 2.74. The van der Waals surface area contributed by atoms with Crippen molar-refractivity contribution in [2.75, 3.05) is 7.11 Å². The Hall–Kier alpha value is -2.79. The molecule has 6 heteroatoms. The number of nitrogens with zero attached hydrogens (tertiary/aromatic N) is 4. The van der Waals surface area contributed by atoms with E-state index in [0.717, 1.165) is 28.0 Å². The van der Waals surface area contributed by atoms with Crippen LogP contribution in [0.4, 0.5) is 0 Å². The molecule has 3 heterocycles. The highest BCUT2D eigenvalue weighted by Gasteiger charge is 2.07. The SMILES string of the molecule is COc1ccc(Cn2cc(-c3cc(Cl)c4ccnn4c3)cn2)cc1. The Bertz CT molecular complexity index is 988. The lowest BCUT2D eigenvalue weighted by molar-refractivity contribution is 0.414. The van der Waals surface area contributed by atoms with Crippen LogP contribution in [0.1, 0.15) is 5.56 Å². The zero-order valence-electron chi connectivity index (χ0n) is 13.1. The molecule has 0 saturated carbocycles. The maximum atomic E-state index is 6.32. The number of rotatable bonds is 4. The number of ether oxygens (including phenoxy) is 1. The smallest absolute Gasteiger partial charge is 0.118 e. The van der Waals surface area contributed by atoms with Crippen molar-refractivity contribution >= 4 is 17.1 Å². The van der Waals surface area contributed by atoms with E-state index in [-0.39, 0.29) is 0 Å². The Morgan fingerprint density at radius 3 is 2.67 bits per heavy atom. The Labute approximate surface area is 144 Å². The van der Waals surface area contributed by atoms with Crippen LogP contribution in [0.15, 0.2) is 61.2 Å². The molecule has 0 fully saturated rings. The van der Waals surface area contributed by atoms with Gasteiger partial charge < -0.3 is 4.74 Å². The van der Waals surface area contributed by atoms with Crippen LogP contribution in [-0.4, -0.2) is 26.5 Å². The lowest BCUT2D eigenvalue weighted by Gasteiger charge is -2.04. The fraction of sp³-hybridized carbons (Fsp3) is 0.111. The molecule has 0 aliphatic rings. The van der Waals surface area contributed by atoms with Gasteiger partial charge in [-0.3, -0.25) is 4.68 Å². The van der Waals surface area contributed by atoms with Crippen LogP contribution in [0.3, 0.4) is 0 Å². The summed E-state index contributed by atoms with van der Waals surface area (Å²) in [5.74, 6) is 0.849. The quantitative estimate of drug-likeness (QED) is 0.566. The summed E-state index contributed by atoms with van der Waals surface area (Å²) in [5.41, 5.74) is 4.04. The predicted octanol–water partition coefficient (Wildman–Crippen LogP) is 3.91. The standard InChI is InChI=1S/C18H15ClN4O/c1-24-16-4-2-13(3-5-16)10-22-11-15(9-21-22)14-8-17(19)18-6-7-20-23(18)12-14/h2-9,11-12H,10H2,1H3. The zero-order valence-corrected chi connectivity index (χ0v) is 13.8. The number of hydrogen-bond donors (Lipinski definition) is 0. The first-order valence-electron chi connectivity index (χ1n) is 7.51. The van der Waals surface area contributed by atoms with E-state index in [2.05, 4.69) is 10.2 Å². The highest BCUT2D eigenvalue weighted by atomic mass is 35.5. The number of hydrogen-bond acceptors (Lipinski definition) is 3. The van der Waals surface area contributed by atoms with Gasteiger partial charge in [-0.1, -0.05) is 23.7 Å². The maximum absolute atomic E-state index is 6.32. The molecule has 0 aliphatic carbocycles. The fourth-order valence-corrected chi connectivity index (χ4v) is 2.93. The summed E-state index contributed by atoms with van der Waals surface area (Å²) < 4.78 is 8.86. The molecule has 0 amide bonds. The second-order valence-electron chi connectivity index (χ2n) is 5.51. The Morgan fingerprint density at radius 1 is 1.04 bits per heavy atom. The van der Waals surface area contributed by atoms with E-state index in [1.807, 2.05) is 59.7 Å². The van der Waals surface area contributed by atoms with Crippen LogP contribution < -0.4 is 4.74 Å². The van der Waals surface area contributed by atoms with Gasteiger partial charge in [-0.2, -0.15) is 10.2 Å². The molecule has 24 heavy (non-hydrogen) atoms. The molecular weight excluding hydrogens is 324 g/mol. The molecule has 0 spiro atoms. The second kappa shape index (κ2) is 6.02. The van der Waals surface area contributed by atoms with Crippen LogP contribution in [0.25, 0.3) is 16.6 Å². The van der Waals surface area contributed by atoms with Gasteiger partial charge in [0.1, 0.15) is 5.75 Å². The van der Waals surface area contributed by atoms with Gasteiger partial charge in [-0.05, 0) is 29.8 Å². The molecule has 4 aromatic rings. The van der Waals surface area contributed by atoms with E-state index in [1.54, 1.807) is 17.8 Å². The van der Waals surface area contributed by atoms with Crippen molar-refractivity contribution in [3.63, 3.8) is 0 Å². The van der Waals surface area contributed by atoms with Crippen molar-refractivity contribution in [1.29, 1.82) is 0 Å². The van der Waals surface area contributed by atoms with Gasteiger partial charge in [0.25, 0.3) is 0 Å². The Morgan fingerprint density at radius 2 is 1.88 bits per heavy atom.